The number of aliphatic carboxylic acids is 3. The Kier molecular flexibility index (Phi) is 5.51. The van der Waals surface area contributed by atoms with Gasteiger partial charge in [0.2, 0.25) is 0 Å². The van der Waals surface area contributed by atoms with E-state index in [-0.39, 0.29) is 0 Å². The number of carboxylic acids is 3. The summed E-state index contributed by atoms with van der Waals surface area (Å²) in [5.74, 6) is -4.41. The fourth-order valence-electron chi connectivity index (χ4n) is 0. The zero-order valence-corrected chi connectivity index (χ0v) is 7.57. The Labute approximate surface area is 74.8 Å². The highest BCUT2D eigenvalue weighted by molar-refractivity contribution is 6.27. The molecule has 0 rings (SSSR count). The van der Waals surface area contributed by atoms with Gasteiger partial charge in [-0.2, -0.15) is 0 Å². The Morgan fingerprint density at radius 1 is 0.846 bits per heavy atom. The van der Waals surface area contributed by atoms with Gasteiger partial charge in [0.15, 0.2) is 0 Å². The van der Waals surface area contributed by atoms with Gasteiger partial charge in [0.05, 0.1) is 5.41 Å². The molecule has 0 spiro atoms. The van der Waals surface area contributed by atoms with Crippen molar-refractivity contribution in [3.05, 3.63) is 0 Å². The van der Waals surface area contributed by atoms with Crippen LogP contribution in [0, 0.1) is 5.41 Å². The third-order valence-electron chi connectivity index (χ3n) is 0.825. The van der Waals surface area contributed by atoms with Gasteiger partial charge in [-0.25, -0.2) is 9.59 Å². The van der Waals surface area contributed by atoms with Crippen LogP contribution in [0.15, 0.2) is 0 Å². The molecule has 0 aromatic rings. The zero-order valence-electron chi connectivity index (χ0n) is 7.57. The molecule has 0 aliphatic carbocycles. The molecule has 0 aliphatic heterocycles. The van der Waals surface area contributed by atoms with Gasteiger partial charge >= 0.3 is 17.9 Å². The van der Waals surface area contributed by atoms with Crippen molar-refractivity contribution in [1.29, 1.82) is 0 Å². The first-order chi connectivity index (χ1) is 5.59. The molecule has 13 heavy (non-hydrogen) atoms. The first-order valence-electron chi connectivity index (χ1n) is 3.28. The Balaban J connectivity index is 0. The lowest BCUT2D eigenvalue weighted by atomic mass is 9.98. The highest BCUT2D eigenvalue weighted by Crippen LogP contribution is 2.11. The van der Waals surface area contributed by atoms with Crippen LogP contribution in [0.3, 0.4) is 0 Å². The maximum Gasteiger partial charge on any atom is 0.414 e. The molecular weight excluding hydrogens is 180 g/mol. The van der Waals surface area contributed by atoms with E-state index in [0.717, 1.165) is 0 Å². The van der Waals surface area contributed by atoms with E-state index in [1.165, 1.54) is 0 Å². The topological polar surface area (TPSA) is 112 Å². The molecule has 0 bridgehead atoms. The summed E-state index contributed by atoms with van der Waals surface area (Å²) in [6.45, 7) is 4.99. The summed E-state index contributed by atoms with van der Waals surface area (Å²) >= 11 is 0. The van der Waals surface area contributed by atoms with E-state index in [9.17, 15) is 4.79 Å². The maximum atomic E-state index is 10.0. The lowest BCUT2D eigenvalue weighted by molar-refractivity contribution is -0.159. The van der Waals surface area contributed by atoms with Gasteiger partial charge in [-0.1, -0.05) is 0 Å². The lowest BCUT2D eigenvalue weighted by Crippen LogP contribution is -2.18. The van der Waals surface area contributed by atoms with Crippen molar-refractivity contribution in [3.63, 3.8) is 0 Å². The Morgan fingerprint density at radius 3 is 1.00 bits per heavy atom. The summed E-state index contributed by atoms with van der Waals surface area (Å²) in [6.07, 6.45) is 0. The summed E-state index contributed by atoms with van der Waals surface area (Å²) in [5, 5.41) is 23.0. The van der Waals surface area contributed by atoms with Gasteiger partial charge in [-0.05, 0) is 20.8 Å². The normalized spacial score (nSPS) is 9.46. The van der Waals surface area contributed by atoms with Crippen molar-refractivity contribution in [2.75, 3.05) is 0 Å². The second-order valence-electron chi connectivity index (χ2n) is 3.17. The summed E-state index contributed by atoms with van der Waals surface area (Å²) in [7, 11) is 0. The monoisotopic (exact) mass is 192 g/mol. The molecule has 0 heterocycles. The standard InChI is InChI=1S/C5H10O2.C2H2O4/c1-5(2,3)4(6)7;3-1(4)2(5)6/h1-3H3,(H,6,7);(H,3,4)(H,5,6). The smallest absolute Gasteiger partial charge is 0.414 e. The summed E-state index contributed by atoms with van der Waals surface area (Å²) in [6, 6.07) is 0. The number of carbonyl (C=O) groups is 3. The third kappa shape index (κ3) is 10.4. The highest BCUT2D eigenvalue weighted by Gasteiger charge is 2.18. The summed E-state index contributed by atoms with van der Waals surface area (Å²) in [5.41, 5.74) is -0.583. The van der Waals surface area contributed by atoms with Crippen molar-refractivity contribution < 1.29 is 29.7 Å². The Morgan fingerprint density at radius 2 is 1.00 bits per heavy atom. The van der Waals surface area contributed by atoms with Crippen LogP contribution in [-0.2, 0) is 14.4 Å². The number of carboxylic acid groups (broad SMARTS) is 3. The Bertz CT molecular complexity index is 200. The molecule has 0 aromatic carbocycles. The third-order valence-corrected chi connectivity index (χ3v) is 0.825. The average molecular weight is 192 g/mol. The number of hydrogen-bond acceptors (Lipinski definition) is 3. The predicted molar refractivity (Wildman–Crippen MR) is 42.4 cm³/mol. The van der Waals surface area contributed by atoms with Crippen molar-refractivity contribution >= 4 is 17.9 Å². The first-order valence-corrected chi connectivity index (χ1v) is 3.28. The van der Waals surface area contributed by atoms with E-state index < -0.39 is 23.3 Å². The SMILES string of the molecule is CC(C)(C)C(=O)O.O=C(O)C(=O)O. The van der Waals surface area contributed by atoms with E-state index >= 15 is 0 Å². The fraction of sp³-hybridized carbons (Fsp3) is 0.571. The van der Waals surface area contributed by atoms with Gasteiger partial charge in [0, 0.05) is 0 Å². The van der Waals surface area contributed by atoms with Crippen LogP contribution < -0.4 is 0 Å². The van der Waals surface area contributed by atoms with E-state index in [1.54, 1.807) is 20.8 Å². The minimum atomic E-state index is -1.82. The molecule has 6 heteroatoms. The van der Waals surface area contributed by atoms with Crippen molar-refractivity contribution in [2.45, 2.75) is 20.8 Å². The molecule has 76 valence electrons. The van der Waals surface area contributed by atoms with E-state index in [1.807, 2.05) is 0 Å². The highest BCUT2D eigenvalue weighted by atomic mass is 16.4. The van der Waals surface area contributed by atoms with Crippen LogP contribution in [0.4, 0.5) is 0 Å². The van der Waals surface area contributed by atoms with E-state index in [0.29, 0.717) is 0 Å². The number of hydrogen-bond donors (Lipinski definition) is 3. The van der Waals surface area contributed by atoms with Crippen LogP contribution in [0.25, 0.3) is 0 Å². The molecule has 0 radical (unpaired) electrons. The first kappa shape index (κ1) is 14.0. The van der Waals surface area contributed by atoms with Crippen molar-refractivity contribution in [2.24, 2.45) is 5.41 Å². The van der Waals surface area contributed by atoms with Crippen molar-refractivity contribution in [1.82, 2.24) is 0 Å². The quantitative estimate of drug-likeness (QED) is 0.475. The molecule has 3 N–H and O–H groups in total. The molecule has 0 saturated heterocycles. The molecule has 0 aromatic heterocycles. The summed E-state index contributed by atoms with van der Waals surface area (Å²) < 4.78 is 0. The molecular formula is C7H12O6. The van der Waals surface area contributed by atoms with Crippen LogP contribution in [0.1, 0.15) is 20.8 Å². The molecule has 6 nitrogen and oxygen atoms in total. The van der Waals surface area contributed by atoms with Gasteiger partial charge in [-0.3, -0.25) is 4.79 Å². The van der Waals surface area contributed by atoms with Gasteiger partial charge in [0.25, 0.3) is 0 Å². The molecule has 0 amide bonds. The fourth-order valence-corrected chi connectivity index (χ4v) is 0. The van der Waals surface area contributed by atoms with Gasteiger partial charge in [-0.15, -0.1) is 0 Å². The van der Waals surface area contributed by atoms with E-state index in [4.69, 9.17) is 24.9 Å². The van der Waals surface area contributed by atoms with Crippen LogP contribution >= 0.6 is 0 Å². The second-order valence-corrected chi connectivity index (χ2v) is 3.17. The predicted octanol–water partition coefficient (Wildman–Crippen LogP) is 0.273. The molecule has 0 unspecified atom stereocenters. The average Bonchev–Trinajstić information content (AvgIpc) is 1.86. The zero-order chi connectivity index (χ0) is 11.2. The van der Waals surface area contributed by atoms with Gasteiger partial charge < -0.3 is 15.3 Å². The molecule has 0 fully saturated rings. The molecule has 0 aliphatic rings. The van der Waals surface area contributed by atoms with Gasteiger partial charge in [0.1, 0.15) is 0 Å². The second kappa shape index (κ2) is 5.13. The van der Waals surface area contributed by atoms with Crippen LogP contribution in [-0.4, -0.2) is 33.2 Å². The summed E-state index contributed by atoms with van der Waals surface area (Å²) in [4.78, 5) is 28.2. The largest absolute Gasteiger partial charge is 0.481 e. The minimum absolute atomic E-state index is 0.583. The molecule has 0 saturated carbocycles. The number of rotatable bonds is 0. The lowest BCUT2D eigenvalue weighted by Gasteiger charge is -2.08. The van der Waals surface area contributed by atoms with Crippen molar-refractivity contribution in [3.8, 4) is 0 Å². The van der Waals surface area contributed by atoms with Crippen LogP contribution in [0.5, 0.6) is 0 Å². The molecule has 0 atom stereocenters. The van der Waals surface area contributed by atoms with E-state index in [2.05, 4.69) is 0 Å². The van der Waals surface area contributed by atoms with Crippen LogP contribution in [0.2, 0.25) is 0 Å². The maximum absolute atomic E-state index is 10.0. The Hall–Kier alpha value is -1.59. The minimum Gasteiger partial charge on any atom is -0.481 e.